The van der Waals surface area contributed by atoms with Gasteiger partial charge in [0.25, 0.3) is 0 Å². The minimum Gasteiger partial charge on any atom is -0.462 e. The predicted octanol–water partition coefficient (Wildman–Crippen LogP) is 22.7. The van der Waals surface area contributed by atoms with Crippen LogP contribution < -0.4 is 0 Å². The van der Waals surface area contributed by atoms with E-state index in [9.17, 15) is 14.4 Å². The SMILES string of the molecule is CCCCCCCCCCCCCCCCCCCCCCCCCCCCCCCCCCC(=O)OCC(COC(=O)CCCCCCC)OC(=O)CCCCCCCCCCCCCCCCCCCC. The van der Waals surface area contributed by atoms with Crippen LogP contribution in [0, 0.1) is 0 Å². The first-order valence-corrected chi connectivity index (χ1v) is 33.5. The van der Waals surface area contributed by atoms with Crippen LogP contribution >= 0.6 is 0 Å². The molecule has 73 heavy (non-hydrogen) atoms. The molecule has 1 atom stereocenters. The number of esters is 3. The van der Waals surface area contributed by atoms with Crippen molar-refractivity contribution in [2.24, 2.45) is 0 Å². The van der Waals surface area contributed by atoms with Gasteiger partial charge in [-0.15, -0.1) is 0 Å². The van der Waals surface area contributed by atoms with Crippen molar-refractivity contribution < 1.29 is 28.6 Å². The molecule has 0 aromatic heterocycles. The number of carbonyl (C=O) groups is 3. The van der Waals surface area contributed by atoms with Crippen LogP contribution in [0.5, 0.6) is 0 Å². The summed E-state index contributed by atoms with van der Waals surface area (Å²) in [5.74, 6) is -0.847. The van der Waals surface area contributed by atoms with Gasteiger partial charge in [0.15, 0.2) is 6.10 Å². The van der Waals surface area contributed by atoms with Crippen molar-refractivity contribution in [2.75, 3.05) is 13.2 Å². The molecular weight excluding hydrogens is 901 g/mol. The lowest BCUT2D eigenvalue weighted by molar-refractivity contribution is -0.167. The fourth-order valence-corrected chi connectivity index (χ4v) is 10.6. The molecule has 0 heterocycles. The highest BCUT2D eigenvalue weighted by molar-refractivity contribution is 5.71. The summed E-state index contributed by atoms with van der Waals surface area (Å²) >= 11 is 0. The van der Waals surface area contributed by atoms with Crippen LogP contribution in [0.3, 0.4) is 0 Å². The molecule has 0 fully saturated rings. The first-order valence-electron chi connectivity index (χ1n) is 33.5. The molecule has 434 valence electrons. The van der Waals surface area contributed by atoms with Crippen molar-refractivity contribution >= 4 is 17.9 Å². The number of hydrogen-bond donors (Lipinski definition) is 0. The zero-order valence-corrected chi connectivity index (χ0v) is 50.0. The highest BCUT2D eigenvalue weighted by Crippen LogP contribution is 2.19. The highest BCUT2D eigenvalue weighted by Gasteiger charge is 2.19. The Kier molecular flexibility index (Phi) is 61.6. The highest BCUT2D eigenvalue weighted by atomic mass is 16.6. The Morgan fingerprint density at radius 3 is 0.548 bits per heavy atom. The second kappa shape index (κ2) is 62.9. The minimum absolute atomic E-state index is 0.0624. The van der Waals surface area contributed by atoms with E-state index in [1.54, 1.807) is 0 Å². The van der Waals surface area contributed by atoms with Crippen LogP contribution in [0.1, 0.15) is 393 Å². The van der Waals surface area contributed by atoms with E-state index in [-0.39, 0.29) is 31.1 Å². The first-order chi connectivity index (χ1) is 36.0. The Hall–Kier alpha value is -1.59. The Labute approximate surface area is 457 Å². The molecule has 0 N–H and O–H groups in total. The average molecular weight is 1030 g/mol. The molecule has 0 saturated heterocycles. The van der Waals surface area contributed by atoms with Crippen LogP contribution in [0.15, 0.2) is 0 Å². The number of ether oxygens (including phenoxy) is 3. The average Bonchev–Trinajstić information content (AvgIpc) is 3.39. The van der Waals surface area contributed by atoms with E-state index >= 15 is 0 Å². The van der Waals surface area contributed by atoms with E-state index in [4.69, 9.17) is 14.2 Å². The summed E-state index contributed by atoms with van der Waals surface area (Å²) in [5, 5.41) is 0. The largest absolute Gasteiger partial charge is 0.462 e. The molecule has 0 saturated carbocycles. The van der Waals surface area contributed by atoms with Gasteiger partial charge in [-0.05, 0) is 19.3 Å². The minimum atomic E-state index is -0.760. The third-order valence-corrected chi connectivity index (χ3v) is 15.6. The van der Waals surface area contributed by atoms with Crippen molar-refractivity contribution in [3.05, 3.63) is 0 Å². The molecule has 6 nitrogen and oxygen atoms in total. The summed E-state index contributed by atoms with van der Waals surface area (Å²) in [6, 6.07) is 0. The summed E-state index contributed by atoms with van der Waals surface area (Å²) in [6.07, 6.45) is 73.4. The van der Waals surface area contributed by atoms with Gasteiger partial charge in [-0.3, -0.25) is 14.4 Å². The van der Waals surface area contributed by atoms with Crippen molar-refractivity contribution in [3.63, 3.8) is 0 Å². The lowest BCUT2D eigenvalue weighted by atomic mass is 10.0. The first kappa shape index (κ1) is 71.4. The summed E-state index contributed by atoms with van der Waals surface area (Å²) in [7, 11) is 0. The lowest BCUT2D eigenvalue weighted by Crippen LogP contribution is -2.30. The summed E-state index contributed by atoms with van der Waals surface area (Å²) in [4.78, 5) is 37.9. The van der Waals surface area contributed by atoms with Crippen LogP contribution in [0.2, 0.25) is 0 Å². The molecule has 6 heteroatoms. The number of unbranched alkanes of at least 4 members (excludes halogenated alkanes) is 52. The van der Waals surface area contributed by atoms with Crippen LogP contribution in [-0.2, 0) is 28.6 Å². The van der Waals surface area contributed by atoms with E-state index in [1.165, 1.54) is 289 Å². The fourth-order valence-electron chi connectivity index (χ4n) is 10.6. The Morgan fingerprint density at radius 1 is 0.219 bits per heavy atom. The van der Waals surface area contributed by atoms with E-state index in [0.29, 0.717) is 19.3 Å². The van der Waals surface area contributed by atoms with Gasteiger partial charge in [0, 0.05) is 19.3 Å². The van der Waals surface area contributed by atoms with Crippen molar-refractivity contribution in [3.8, 4) is 0 Å². The Bertz CT molecular complexity index is 1090. The molecule has 0 aromatic carbocycles. The summed E-state index contributed by atoms with van der Waals surface area (Å²) in [6.45, 7) is 6.64. The smallest absolute Gasteiger partial charge is 0.306 e. The third-order valence-electron chi connectivity index (χ3n) is 15.6. The Morgan fingerprint density at radius 2 is 0.370 bits per heavy atom. The third kappa shape index (κ3) is 61.1. The molecule has 0 radical (unpaired) electrons. The zero-order valence-electron chi connectivity index (χ0n) is 50.0. The summed E-state index contributed by atoms with van der Waals surface area (Å²) < 4.78 is 16.8. The number of hydrogen-bond acceptors (Lipinski definition) is 6. The monoisotopic (exact) mass is 1030 g/mol. The van der Waals surface area contributed by atoms with Gasteiger partial charge in [0.2, 0.25) is 0 Å². The van der Waals surface area contributed by atoms with Crippen molar-refractivity contribution in [2.45, 2.75) is 399 Å². The number of rotatable bonds is 63. The molecule has 0 amide bonds. The van der Waals surface area contributed by atoms with Crippen molar-refractivity contribution in [1.82, 2.24) is 0 Å². The van der Waals surface area contributed by atoms with E-state index in [1.807, 2.05) is 0 Å². The lowest BCUT2D eigenvalue weighted by Gasteiger charge is -2.18. The van der Waals surface area contributed by atoms with Gasteiger partial charge in [-0.2, -0.15) is 0 Å². The standard InChI is InChI=1S/C67H130O6/c1-4-7-10-13-15-17-19-21-23-25-27-28-29-30-31-32-33-34-35-36-37-38-39-40-42-43-45-47-49-51-54-57-60-66(69)72-63-64(62-71-65(68)59-56-53-12-9-6-3)73-67(70)61-58-55-52-50-48-46-44-41-26-24-22-20-18-16-14-11-8-5-2/h64H,4-63H2,1-3H3. The predicted molar refractivity (Wildman–Crippen MR) is 317 cm³/mol. The molecule has 0 bridgehead atoms. The second-order valence-corrected chi connectivity index (χ2v) is 23.1. The van der Waals surface area contributed by atoms with Gasteiger partial charge in [-0.1, -0.05) is 355 Å². The van der Waals surface area contributed by atoms with Gasteiger partial charge in [0.1, 0.15) is 13.2 Å². The Balaban J connectivity index is 3.86. The van der Waals surface area contributed by atoms with Crippen molar-refractivity contribution in [1.29, 1.82) is 0 Å². The molecule has 0 aliphatic carbocycles. The summed E-state index contributed by atoms with van der Waals surface area (Å²) in [5.41, 5.74) is 0. The van der Waals surface area contributed by atoms with Crippen LogP contribution in [-0.4, -0.2) is 37.2 Å². The maximum Gasteiger partial charge on any atom is 0.306 e. The molecular formula is C67H130O6. The fraction of sp³-hybridized carbons (Fsp3) is 0.955. The van der Waals surface area contributed by atoms with Gasteiger partial charge < -0.3 is 14.2 Å². The topological polar surface area (TPSA) is 78.9 Å². The van der Waals surface area contributed by atoms with Gasteiger partial charge >= 0.3 is 17.9 Å². The van der Waals surface area contributed by atoms with E-state index in [2.05, 4.69) is 20.8 Å². The maximum absolute atomic E-state index is 12.8. The maximum atomic E-state index is 12.8. The normalized spacial score (nSPS) is 11.9. The quantitative estimate of drug-likeness (QED) is 0.0343. The molecule has 0 aromatic rings. The molecule has 1 unspecified atom stereocenters. The van der Waals surface area contributed by atoms with Crippen LogP contribution in [0.4, 0.5) is 0 Å². The van der Waals surface area contributed by atoms with Gasteiger partial charge in [0.05, 0.1) is 0 Å². The molecule has 0 aliphatic heterocycles. The van der Waals surface area contributed by atoms with E-state index in [0.717, 1.165) is 64.2 Å². The molecule has 0 rings (SSSR count). The zero-order chi connectivity index (χ0) is 52.9. The molecule has 0 spiro atoms. The van der Waals surface area contributed by atoms with Crippen LogP contribution in [0.25, 0.3) is 0 Å². The van der Waals surface area contributed by atoms with Gasteiger partial charge in [-0.25, -0.2) is 0 Å². The molecule has 0 aliphatic rings. The number of carbonyl (C=O) groups excluding carboxylic acids is 3. The van der Waals surface area contributed by atoms with E-state index < -0.39 is 6.10 Å². The second-order valence-electron chi connectivity index (χ2n) is 23.1.